The molecule has 0 amide bonds. The molecule has 5 heteroatoms. The van der Waals surface area contributed by atoms with Crippen molar-refractivity contribution < 1.29 is 5.11 Å². The highest BCUT2D eigenvalue weighted by Crippen LogP contribution is 2.37. The van der Waals surface area contributed by atoms with Crippen LogP contribution in [0.5, 0.6) is 5.75 Å². The molecule has 15 heavy (non-hydrogen) atoms. The van der Waals surface area contributed by atoms with E-state index >= 15 is 0 Å². The summed E-state index contributed by atoms with van der Waals surface area (Å²) in [7, 11) is 0. The smallest absolute Gasteiger partial charge is 0.126 e. The summed E-state index contributed by atoms with van der Waals surface area (Å²) in [6.45, 7) is 1.91. The molecule has 0 aliphatic heterocycles. The van der Waals surface area contributed by atoms with Crippen LogP contribution in [0.25, 0.3) is 11.1 Å². The van der Waals surface area contributed by atoms with E-state index in [4.69, 9.17) is 5.73 Å². The van der Waals surface area contributed by atoms with Crippen LogP contribution in [0.2, 0.25) is 0 Å². The number of H-pyrrole nitrogens is 1. The first-order valence-corrected chi connectivity index (χ1v) is 5.18. The minimum atomic E-state index is 0.198. The SMILES string of the molecule is Cc1c(Br)ccc(O)c1-c1cn[nH]c1N. The van der Waals surface area contributed by atoms with Crippen molar-refractivity contribution in [2.45, 2.75) is 6.92 Å². The van der Waals surface area contributed by atoms with Gasteiger partial charge in [-0.25, -0.2) is 0 Å². The average Bonchev–Trinajstić information content (AvgIpc) is 2.60. The van der Waals surface area contributed by atoms with Gasteiger partial charge in [0.2, 0.25) is 0 Å². The van der Waals surface area contributed by atoms with Crippen LogP contribution in [0.3, 0.4) is 0 Å². The maximum Gasteiger partial charge on any atom is 0.126 e. The molecule has 0 aliphatic rings. The van der Waals surface area contributed by atoms with Crippen LogP contribution in [0.15, 0.2) is 22.8 Å². The summed E-state index contributed by atoms with van der Waals surface area (Å²) in [6.07, 6.45) is 1.60. The Bertz CT molecular complexity index is 507. The lowest BCUT2D eigenvalue weighted by atomic mass is 10.0. The van der Waals surface area contributed by atoms with E-state index in [2.05, 4.69) is 26.1 Å². The number of halogens is 1. The summed E-state index contributed by atoms with van der Waals surface area (Å²) >= 11 is 3.41. The number of phenolic OH excluding ortho intramolecular Hbond substituents is 1. The van der Waals surface area contributed by atoms with Gasteiger partial charge in [-0.05, 0) is 24.6 Å². The first-order valence-electron chi connectivity index (χ1n) is 4.38. The van der Waals surface area contributed by atoms with E-state index in [1.165, 1.54) is 0 Å². The first kappa shape index (κ1) is 10.0. The molecule has 0 aliphatic carbocycles. The van der Waals surface area contributed by atoms with E-state index < -0.39 is 0 Å². The van der Waals surface area contributed by atoms with Crippen molar-refractivity contribution >= 4 is 21.7 Å². The number of aromatic amines is 1. The highest BCUT2D eigenvalue weighted by Gasteiger charge is 2.14. The maximum atomic E-state index is 9.79. The maximum absolute atomic E-state index is 9.79. The van der Waals surface area contributed by atoms with E-state index in [-0.39, 0.29) is 5.75 Å². The predicted octanol–water partition coefficient (Wildman–Crippen LogP) is 2.44. The van der Waals surface area contributed by atoms with Crippen molar-refractivity contribution in [3.05, 3.63) is 28.4 Å². The topological polar surface area (TPSA) is 74.9 Å². The number of nitrogen functional groups attached to an aromatic ring is 1. The summed E-state index contributed by atoms with van der Waals surface area (Å²) in [5.41, 5.74) is 8.07. The number of anilines is 1. The second kappa shape index (κ2) is 3.58. The monoisotopic (exact) mass is 267 g/mol. The third kappa shape index (κ3) is 1.59. The van der Waals surface area contributed by atoms with E-state index in [9.17, 15) is 5.11 Å². The Hall–Kier alpha value is -1.49. The van der Waals surface area contributed by atoms with E-state index in [1.54, 1.807) is 18.3 Å². The number of phenols is 1. The zero-order valence-corrected chi connectivity index (χ0v) is 9.67. The van der Waals surface area contributed by atoms with E-state index in [0.717, 1.165) is 10.0 Å². The second-order valence-electron chi connectivity index (χ2n) is 3.26. The molecule has 0 bridgehead atoms. The van der Waals surface area contributed by atoms with Gasteiger partial charge in [0.15, 0.2) is 0 Å². The summed E-state index contributed by atoms with van der Waals surface area (Å²) in [4.78, 5) is 0. The van der Waals surface area contributed by atoms with Gasteiger partial charge in [-0.3, -0.25) is 5.10 Å². The molecule has 4 nitrogen and oxygen atoms in total. The van der Waals surface area contributed by atoms with Gasteiger partial charge in [0.1, 0.15) is 11.6 Å². The fraction of sp³-hybridized carbons (Fsp3) is 0.100. The number of benzene rings is 1. The number of aromatic hydroxyl groups is 1. The van der Waals surface area contributed by atoms with Gasteiger partial charge in [0, 0.05) is 15.6 Å². The minimum absolute atomic E-state index is 0.198. The highest BCUT2D eigenvalue weighted by molar-refractivity contribution is 9.10. The predicted molar refractivity (Wildman–Crippen MR) is 62.5 cm³/mol. The molecule has 2 aromatic rings. The van der Waals surface area contributed by atoms with Crippen molar-refractivity contribution in [3.8, 4) is 16.9 Å². The molecule has 0 fully saturated rings. The molecule has 0 spiro atoms. The summed E-state index contributed by atoms with van der Waals surface area (Å²) in [5.74, 6) is 0.648. The van der Waals surface area contributed by atoms with E-state index in [1.807, 2.05) is 6.92 Å². The highest BCUT2D eigenvalue weighted by atomic mass is 79.9. The van der Waals surface area contributed by atoms with Crippen LogP contribution < -0.4 is 5.73 Å². The molecule has 2 rings (SSSR count). The largest absolute Gasteiger partial charge is 0.507 e. The second-order valence-corrected chi connectivity index (χ2v) is 4.12. The molecule has 78 valence electrons. The fourth-order valence-corrected chi connectivity index (χ4v) is 1.84. The van der Waals surface area contributed by atoms with Crippen LogP contribution in [-0.2, 0) is 0 Å². The van der Waals surface area contributed by atoms with Gasteiger partial charge in [0.25, 0.3) is 0 Å². The molecular formula is C10H10BrN3O. The number of hydrogen-bond acceptors (Lipinski definition) is 3. The standard InChI is InChI=1S/C10H10BrN3O/c1-5-7(11)2-3-8(15)9(5)6-4-13-14-10(6)12/h2-4,15H,1H3,(H3,12,13,14). The molecule has 0 unspecified atom stereocenters. The summed E-state index contributed by atoms with van der Waals surface area (Å²) in [5, 5.41) is 16.3. The normalized spacial score (nSPS) is 10.5. The van der Waals surface area contributed by atoms with Gasteiger partial charge in [-0.15, -0.1) is 0 Å². The number of aromatic nitrogens is 2. The average molecular weight is 268 g/mol. The Morgan fingerprint density at radius 1 is 1.47 bits per heavy atom. The van der Waals surface area contributed by atoms with Crippen molar-refractivity contribution in [1.82, 2.24) is 10.2 Å². The van der Waals surface area contributed by atoms with E-state index in [0.29, 0.717) is 16.9 Å². The Balaban J connectivity index is 2.72. The van der Waals surface area contributed by atoms with Crippen molar-refractivity contribution in [3.63, 3.8) is 0 Å². The van der Waals surface area contributed by atoms with Crippen molar-refractivity contribution in [2.75, 3.05) is 5.73 Å². The lowest BCUT2D eigenvalue weighted by Crippen LogP contribution is -1.90. The minimum Gasteiger partial charge on any atom is -0.507 e. The van der Waals surface area contributed by atoms with Crippen LogP contribution in [0, 0.1) is 6.92 Å². The van der Waals surface area contributed by atoms with Crippen LogP contribution in [-0.4, -0.2) is 15.3 Å². The summed E-state index contributed by atoms with van der Waals surface area (Å²) < 4.78 is 0.927. The number of nitrogens with zero attached hydrogens (tertiary/aromatic N) is 1. The van der Waals surface area contributed by atoms with Gasteiger partial charge in [-0.1, -0.05) is 15.9 Å². The third-order valence-electron chi connectivity index (χ3n) is 2.32. The lowest BCUT2D eigenvalue weighted by Gasteiger charge is -2.08. The molecule has 1 heterocycles. The number of nitrogens with two attached hydrogens (primary N) is 1. The number of hydrogen-bond donors (Lipinski definition) is 3. The molecule has 1 aromatic heterocycles. The number of rotatable bonds is 1. The van der Waals surface area contributed by atoms with Gasteiger partial charge >= 0.3 is 0 Å². The van der Waals surface area contributed by atoms with Crippen LogP contribution in [0.1, 0.15) is 5.56 Å². The zero-order valence-electron chi connectivity index (χ0n) is 8.08. The Kier molecular flexibility index (Phi) is 2.40. The summed E-state index contributed by atoms with van der Waals surface area (Å²) in [6, 6.07) is 3.42. The Morgan fingerprint density at radius 3 is 2.80 bits per heavy atom. The first-order chi connectivity index (χ1) is 7.11. The molecule has 0 saturated heterocycles. The quantitative estimate of drug-likeness (QED) is 0.743. The molecule has 0 radical (unpaired) electrons. The molecule has 1 aromatic carbocycles. The van der Waals surface area contributed by atoms with Gasteiger partial charge < -0.3 is 10.8 Å². The molecule has 0 saturated carbocycles. The number of nitrogens with one attached hydrogen (secondary N) is 1. The molecule has 4 N–H and O–H groups in total. The lowest BCUT2D eigenvalue weighted by molar-refractivity contribution is 0.477. The fourth-order valence-electron chi connectivity index (χ4n) is 1.51. The Morgan fingerprint density at radius 2 is 2.20 bits per heavy atom. The van der Waals surface area contributed by atoms with Crippen molar-refractivity contribution in [1.29, 1.82) is 0 Å². The molecule has 0 atom stereocenters. The van der Waals surface area contributed by atoms with Crippen LogP contribution >= 0.6 is 15.9 Å². The third-order valence-corrected chi connectivity index (χ3v) is 3.17. The Labute approximate surface area is 95.3 Å². The zero-order chi connectivity index (χ0) is 11.0. The molecular weight excluding hydrogens is 258 g/mol. The van der Waals surface area contributed by atoms with Gasteiger partial charge in [-0.2, -0.15) is 5.10 Å². The van der Waals surface area contributed by atoms with Crippen molar-refractivity contribution in [2.24, 2.45) is 0 Å². The van der Waals surface area contributed by atoms with Crippen LogP contribution in [0.4, 0.5) is 5.82 Å². The van der Waals surface area contributed by atoms with Gasteiger partial charge in [0.05, 0.1) is 6.20 Å².